The summed E-state index contributed by atoms with van der Waals surface area (Å²) in [4.78, 5) is 24.5. The highest BCUT2D eigenvalue weighted by Gasteiger charge is 2.38. The number of hydrazine groups is 1. The largest absolute Gasteiger partial charge is 0.340 e. The molecule has 1 aromatic heterocycles. The van der Waals surface area contributed by atoms with Gasteiger partial charge in [0.2, 0.25) is 11.9 Å². The number of anilines is 3. The fourth-order valence-corrected chi connectivity index (χ4v) is 2.45. The van der Waals surface area contributed by atoms with Crippen molar-refractivity contribution in [3.63, 3.8) is 0 Å². The highest BCUT2D eigenvalue weighted by atomic mass is 16.2. The number of hydrogen-bond acceptors (Lipinski definition) is 6. The summed E-state index contributed by atoms with van der Waals surface area (Å²) in [6.07, 6.45) is 2.35. The third-order valence-electron chi connectivity index (χ3n) is 3.38. The van der Waals surface area contributed by atoms with Gasteiger partial charge in [0.1, 0.15) is 11.7 Å². The van der Waals surface area contributed by atoms with Crippen LogP contribution in [0.15, 0.2) is 6.20 Å². The molecule has 1 aliphatic rings. The molecule has 0 radical (unpaired) electrons. The Morgan fingerprint density at radius 1 is 1.53 bits per heavy atom. The molecule has 1 aliphatic heterocycles. The van der Waals surface area contributed by atoms with Crippen molar-refractivity contribution in [3.05, 3.63) is 6.20 Å². The second-order valence-corrected chi connectivity index (χ2v) is 4.87. The summed E-state index contributed by atoms with van der Waals surface area (Å²) in [7, 11) is 1.75. The molecule has 0 saturated heterocycles. The molecule has 7 heteroatoms. The lowest BCUT2D eigenvalue weighted by Crippen LogP contribution is -2.55. The van der Waals surface area contributed by atoms with Gasteiger partial charge in [-0.05, 0) is 20.3 Å². The van der Waals surface area contributed by atoms with Crippen molar-refractivity contribution >= 4 is 23.4 Å². The third kappa shape index (κ3) is 2.10. The second kappa shape index (κ2) is 5.00. The van der Waals surface area contributed by atoms with E-state index in [0.717, 1.165) is 12.2 Å². The van der Waals surface area contributed by atoms with Gasteiger partial charge in [0.25, 0.3) is 0 Å². The Balaban J connectivity index is 2.59. The zero-order valence-corrected chi connectivity index (χ0v) is 11.7. The number of likely N-dealkylation sites (N-methyl/N-ethyl adjacent to an activating group) is 1. The van der Waals surface area contributed by atoms with Crippen LogP contribution < -0.4 is 21.1 Å². The zero-order chi connectivity index (χ0) is 14.2. The highest BCUT2D eigenvalue weighted by Crippen LogP contribution is 2.35. The van der Waals surface area contributed by atoms with Gasteiger partial charge < -0.3 is 9.80 Å². The molecular formula is C12H20N6O. The van der Waals surface area contributed by atoms with E-state index < -0.39 is 0 Å². The van der Waals surface area contributed by atoms with E-state index in [0.29, 0.717) is 11.6 Å². The standard InChI is InChI=1S/C12H20N6O/c1-5-8-11(19)17(4)9-6-14-12(16-13)15-10(9)18(8)7(2)3/h6-8H,5,13H2,1-4H3,(H,14,15,16). The Labute approximate surface area is 112 Å². The van der Waals surface area contributed by atoms with Gasteiger partial charge in [-0.25, -0.2) is 10.8 Å². The first-order valence-electron chi connectivity index (χ1n) is 6.40. The van der Waals surface area contributed by atoms with E-state index in [1.807, 2.05) is 25.7 Å². The Morgan fingerprint density at radius 3 is 2.74 bits per heavy atom. The predicted octanol–water partition coefficient (Wildman–Crippen LogP) is 0.732. The smallest absolute Gasteiger partial charge is 0.249 e. The molecule has 2 heterocycles. The molecule has 1 aromatic rings. The SMILES string of the molecule is CCC1C(=O)N(C)c2cnc(NN)nc2N1C(C)C. The number of rotatable bonds is 3. The molecule has 3 N–H and O–H groups in total. The number of fused-ring (bicyclic) bond motifs is 1. The molecule has 0 spiro atoms. The van der Waals surface area contributed by atoms with Crippen LogP contribution in [0, 0.1) is 0 Å². The molecule has 0 aromatic carbocycles. The van der Waals surface area contributed by atoms with Gasteiger partial charge in [-0.1, -0.05) is 6.92 Å². The van der Waals surface area contributed by atoms with Crippen LogP contribution in [0.3, 0.4) is 0 Å². The van der Waals surface area contributed by atoms with Crippen molar-refractivity contribution < 1.29 is 4.79 Å². The molecule has 0 bridgehead atoms. The number of amides is 1. The van der Waals surface area contributed by atoms with Crippen molar-refractivity contribution in [2.75, 3.05) is 22.3 Å². The van der Waals surface area contributed by atoms with Crippen LogP contribution in [0.2, 0.25) is 0 Å². The minimum atomic E-state index is -0.196. The van der Waals surface area contributed by atoms with E-state index in [-0.39, 0.29) is 18.0 Å². The fraction of sp³-hybridized carbons (Fsp3) is 0.583. The number of carbonyl (C=O) groups excluding carboxylic acids is 1. The molecule has 2 rings (SSSR count). The Hall–Kier alpha value is -1.89. The summed E-state index contributed by atoms with van der Waals surface area (Å²) in [6.45, 7) is 6.09. The van der Waals surface area contributed by atoms with Gasteiger partial charge >= 0.3 is 0 Å². The number of hydrogen-bond donors (Lipinski definition) is 2. The van der Waals surface area contributed by atoms with Gasteiger partial charge in [-0.15, -0.1) is 0 Å². The highest BCUT2D eigenvalue weighted by molar-refractivity contribution is 6.04. The monoisotopic (exact) mass is 264 g/mol. The van der Waals surface area contributed by atoms with E-state index in [4.69, 9.17) is 5.84 Å². The molecule has 0 fully saturated rings. The van der Waals surface area contributed by atoms with Crippen LogP contribution in [-0.4, -0.2) is 35.0 Å². The number of aromatic nitrogens is 2. The molecule has 1 atom stereocenters. The molecule has 0 saturated carbocycles. The first kappa shape index (κ1) is 13.5. The summed E-state index contributed by atoms with van der Waals surface area (Å²) in [5.41, 5.74) is 3.15. The topological polar surface area (TPSA) is 87.4 Å². The van der Waals surface area contributed by atoms with Crippen molar-refractivity contribution in [2.24, 2.45) is 5.84 Å². The average molecular weight is 264 g/mol. The summed E-state index contributed by atoms with van der Waals surface area (Å²) in [5, 5.41) is 0. The summed E-state index contributed by atoms with van der Waals surface area (Å²) < 4.78 is 0. The number of nitrogens with two attached hydrogens (primary N) is 1. The van der Waals surface area contributed by atoms with Crippen LogP contribution in [0.5, 0.6) is 0 Å². The second-order valence-electron chi connectivity index (χ2n) is 4.87. The van der Waals surface area contributed by atoms with E-state index in [9.17, 15) is 4.79 Å². The molecule has 1 unspecified atom stereocenters. The van der Waals surface area contributed by atoms with Crippen LogP contribution in [0.25, 0.3) is 0 Å². The molecular weight excluding hydrogens is 244 g/mol. The maximum Gasteiger partial charge on any atom is 0.249 e. The van der Waals surface area contributed by atoms with Gasteiger partial charge in [0.05, 0.1) is 6.20 Å². The van der Waals surface area contributed by atoms with E-state index >= 15 is 0 Å². The summed E-state index contributed by atoms with van der Waals surface area (Å²) >= 11 is 0. The van der Waals surface area contributed by atoms with Crippen molar-refractivity contribution in [1.29, 1.82) is 0 Å². The molecule has 1 amide bonds. The van der Waals surface area contributed by atoms with Gasteiger partial charge in [0.15, 0.2) is 5.82 Å². The number of nitrogens with zero attached hydrogens (tertiary/aromatic N) is 4. The number of carbonyl (C=O) groups is 1. The van der Waals surface area contributed by atoms with Gasteiger partial charge in [0, 0.05) is 13.1 Å². The molecule has 0 aliphatic carbocycles. The Morgan fingerprint density at radius 2 is 2.21 bits per heavy atom. The minimum Gasteiger partial charge on any atom is -0.340 e. The number of nitrogen functional groups attached to an aromatic ring is 1. The van der Waals surface area contributed by atoms with Crippen molar-refractivity contribution in [2.45, 2.75) is 39.3 Å². The minimum absolute atomic E-state index is 0.0701. The normalized spacial score (nSPS) is 18.8. The molecule has 19 heavy (non-hydrogen) atoms. The van der Waals surface area contributed by atoms with Crippen LogP contribution in [0.4, 0.5) is 17.5 Å². The van der Waals surface area contributed by atoms with Crippen LogP contribution in [-0.2, 0) is 4.79 Å². The first-order chi connectivity index (χ1) is 9.01. The van der Waals surface area contributed by atoms with Crippen molar-refractivity contribution in [3.8, 4) is 0 Å². The average Bonchev–Trinajstić information content (AvgIpc) is 2.41. The van der Waals surface area contributed by atoms with Crippen molar-refractivity contribution in [1.82, 2.24) is 9.97 Å². The lowest BCUT2D eigenvalue weighted by Gasteiger charge is -2.42. The summed E-state index contributed by atoms with van der Waals surface area (Å²) in [5.74, 6) is 6.52. The maximum absolute atomic E-state index is 12.4. The van der Waals surface area contributed by atoms with E-state index in [1.54, 1.807) is 18.1 Å². The lowest BCUT2D eigenvalue weighted by atomic mass is 10.1. The van der Waals surface area contributed by atoms with Gasteiger partial charge in [-0.3, -0.25) is 10.2 Å². The van der Waals surface area contributed by atoms with Crippen LogP contribution in [0.1, 0.15) is 27.2 Å². The van der Waals surface area contributed by atoms with E-state index in [2.05, 4.69) is 15.4 Å². The first-order valence-corrected chi connectivity index (χ1v) is 6.40. The zero-order valence-electron chi connectivity index (χ0n) is 11.7. The quantitative estimate of drug-likeness (QED) is 0.618. The Kier molecular flexibility index (Phi) is 3.57. The molecule has 104 valence electrons. The fourth-order valence-electron chi connectivity index (χ4n) is 2.45. The maximum atomic E-state index is 12.4. The Bertz CT molecular complexity index is 489. The third-order valence-corrected chi connectivity index (χ3v) is 3.38. The van der Waals surface area contributed by atoms with Gasteiger partial charge in [-0.2, -0.15) is 4.98 Å². The number of nitrogens with one attached hydrogen (secondary N) is 1. The molecule has 7 nitrogen and oxygen atoms in total. The summed E-state index contributed by atoms with van der Waals surface area (Å²) in [6, 6.07) is -0.0279. The van der Waals surface area contributed by atoms with E-state index in [1.165, 1.54) is 0 Å². The van der Waals surface area contributed by atoms with Crippen LogP contribution >= 0.6 is 0 Å². The predicted molar refractivity (Wildman–Crippen MR) is 74.9 cm³/mol. The lowest BCUT2D eigenvalue weighted by molar-refractivity contribution is -0.120.